The second kappa shape index (κ2) is 7.89. The second-order valence-corrected chi connectivity index (χ2v) is 8.73. The van der Waals surface area contributed by atoms with Gasteiger partial charge < -0.3 is 5.32 Å². The highest BCUT2D eigenvalue weighted by atomic mass is 32.2. The number of fused-ring (bicyclic) bond motifs is 2. The summed E-state index contributed by atoms with van der Waals surface area (Å²) < 4.78 is 0. The zero-order valence-electron chi connectivity index (χ0n) is 15.2. The van der Waals surface area contributed by atoms with E-state index in [0.29, 0.717) is 23.8 Å². The molecule has 0 unspecified atom stereocenters. The van der Waals surface area contributed by atoms with Gasteiger partial charge in [0.05, 0.1) is 4.91 Å². The maximum Gasteiger partial charge on any atom is 0.293 e. The summed E-state index contributed by atoms with van der Waals surface area (Å²) in [5, 5.41) is 2.61. The van der Waals surface area contributed by atoms with Crippen molar-refractivity contribution < 1.29 is 14.4 Å². The van der Waals surface area contributed by atoms with Crippen LogP contribution in [-0.2, 0) is 9.59 Å². The standard InChI is InChI=1S/C21H24N2O3S/c24-19(13-17-11-15-6-7-16(17)10-15)22-8-9-23-20(25)18(27-21(23)26)12-14-4-2-1-3-5-14/h1-5,12,15-17H,6-11,13H2,(H,22,24)/b18-12-/t15-,16-,17+/m1/s1. The molecule has 0 radical (unpaired) electrons. The molecule has 5 nitrogen and oxygen atoms in total. The van der Waals surface area contributed by atoms with E-state index in [9.17, 15) is 14.4 Å². The van der Waals surface area contributed by atoms with E-state index in [1.54, 1.807) is 6.08 Å². The van der Waals surface area contributed by atoms with Gasteiger partial charge in [0.2, 0.25) is 5.91 Å². The molecule has 3 aliphatic rings. The number of carbonyl (C=O) groups excluding carboxylic acids is 3. The van der Waals surface area contributed by atoms with Crippen LogP contribution in [0.4, 0.5) is 4.79 Å². The summed E-state index contributed by atoms with van der Waals surface area (Å²) in [4.78, 5) is 38.5. The highest BCUT2D eigenvalue weighted by Crippen LogP contribution is 2.49. The van der Waals surface area contributed by atoms with Crippen LogP contribution in [0.5, 0.6) is 0 Å². The summed E-state index contributed by atoms with van der Waals surface area (Å²) in [6.07, 6.45) is 7.40. The van der Waals surface area contributed by atoms with Crippen molar-refractivity contribution in [3.8, 4) is 0 Å². The number of rotatable bonds is 6. The summed E-state index contributed by atoms with van der Waals surface area (Å²) in [5.74, 6) is 1.84. The quantitative estimate of drug-likeness (QED) is 0.760. The topological polar surface area (TPSA) is 66.5 Å². The van der Waals surface area contributed by atoms with Crippen molar-refractivity contribution in [2.75, 3.05) is 13.1 Å². The Bertz CT molecular complexity index is 777. The number of hydrogen-bond acceptors (Lipinski definition) is 4. The number of hydrogen-bond donors (Lipinski definition) is 1. The van der Waals surface area contributed by atoms with Gasteiger partial charge in [0.15, 0.2) is 0 Å². The molecule has 0 aromatic heterocycles. The first-order chi connectivity index (χ1) is 13.1. The fourth-order valence-corrected chi connectivity index (χ4v) is 5.50. The molecule has 6 heteroatoms. The van der Waals surface area contributed by atoms with Crippen molar-refractivity contribution in [1.29, 1.82) is 0 Å². The first-order valence-electron chi connectivity index (χ1n) is 9.67. The Labute approximate surface area is 163 Å². The molecule has 1 aliphatic heterocycles. The number of imide groups is 1. The normalized spacial score (nSPS) is 28.4. The van der Waals surface area contributed by atoms with Crippen LogP contribution in [0.15, 0.2) is 35.2 Å². The first-order valence-corrected chi connectivity index (χ1v) is 10.5. The van der Waals surface area contributed by atoms with Crippen molar-refractivity contribution in [1.82, 2.24) is 10.2 Å². The highest BCUT2D eigenvalue weighted by Gasteiger charge is 2.40. The van der Waals surface area contributed by atoms with Crippen LogP contribution in [0.25, 0.3) is 6.08 Å². The Morgan fingerprint density at radius 3 is 2.70 bits per heavy atom. The van der Waals surface area contributed by atoms with E-state index in [0.717, 1.165) is 29.2 Å². The zero-order valence-corrected chi connectivity index (χ0v) is 16.0. The smallest absolute Gasteiger partial charge is 0.293 e. The number of carbonyl (C=O) groups is 3. The minimum Gasteiger partial charge on any atom is -0.354 e. The molecule has 0 spiro atoms. The number of benzene rings is 1. The summed E-state index contributed by atoms with van der Waals surface area (Å²) in [7, 11) is 0. The van der Waals surface area contributed by atoms with Crippen LogP contribution in [-0.4, -0.2) is 35.0 Å². The molecule has 1 N–H and O–H groups in total. The average Bonchev–Trinajstić information content (AvgIpc) is 3.34. The predicted molar refractivity (Wildman–Crippen MR) is 106 cm³/mol. The Morgan fingerprint density at radius 2 is 2.00 bits per heavy atom. The summed E-state index contributed by atoms with van der Waals surface area (Å²) in [6.45, 7) is 0.537. The Kier molecular flexibility index (Phi) is 5.34. The number of thioether (sulfide) groups is 1. The van der Waals surface area contributed by atoms with Crippen LogP contribution < -0.4 is 5.32 Å². The molecule has 142 valence electrons. The molecular weight excluding hydrogens is 360 g/mol. The van der Waals surface area contributed by atoms with Crippen molar-refractivity contribution in [3.63, 3.8) is 0 Å². The lowest BCUT2D eigenvalue weighted by Crippen LogP contribution is -2.38. The Balaban J connectivity index is 1.26. The van der Waals surface area contributed by atoms with Crippen molar-refractivity contribution in [2.45, 2.75) is 32.1 Å². The molecule has 2 saturated carbocycles. The average molecular weight is 385 g/mol. The fourth-order valence-electron chi connectivity index (χ4n) is 4.64. The van der Waals surface area contributed by atoms with Gasteiger partial charge in [-0.3, -0.25) is 19.3 Å². The molecule has 1 heterocycles. The Morgan fingerprint density at radius 1 is 1.19 bits per heavy atom. The third-order valence-electron chi connectivity index (χ3n) is 5.96. The van der Waals surface area contributed by atoms with Gasteiger partial charge in [-0.2, -0.15) is 0 Å². The van der Waals surface area contributed by atoms with Gasteiger partial charge in [-0.05, 0) is 60.4 Å². The zero-order chi connectivity index (χ0) is 18.8. The number of nitrogens with zero attached hydrogens (tertiary/aromatic N) is 1. The van der Waals surface area contributed by atoms with Crippen LogP contribution in [0, 0.1) is 17.8 Å². The lowest BCUT2D eigenvalue weighted by Gasteiger charge is -2.21. The van der Waals surface area contributed by atoms with Gasteiger partial charge in [-0.25, -0.2) is 0 Å². The predicted octanol–water partition coefficient (Wildman–Crippen LogP) is 3.67. The lowest BCUT2D eigenvalue weighted by molar-refractivity contribution is -0.124. The number of amides is 3. The SMILES string of the molecule is O=C(C[C@@H]1C[C@@H]2CC[C@@H]1C2)NCCN1C(=O)S/C(=C\c2ccccc2)C1=O. The summed E-state index contributed by atoms with van der Waals surface area (Å²) >= 11 is 0.956. The van der Waals surface area contributed by atoms with Crippen LogP contribution in [0.1, 0.15) is 37.7 Å². The second-order valence-electron chi connectivity index (χ2n) is 7.73. The molecule has 1 saturated heterocycles. The number of nitrogens with one attached hydrogen (secondary N) is 1. The maximum absolute atomic E-state index is 12.5. The van der Waals surface area contributed by atoms with Gasteiger partial charge in [-0.1, -0.05) is 36.8 Å². The van der Waals surface area contributed by atoms with Crippen molar-refractivity contribution in [2.24, 2.45) is 17.8 Å². The van der Waals surface area contributed by atoms with E-state index in [-0.39, 0.29) is 23.6 Å². The Hall–Kier alpha value is -2.08. The third-order valence-corrected chi connectivity index (χ3v) is 6.87. The monoisotopic (exact) mass is 384 g/mol. The van der Waals surface area contributed by atoms with Crippen LogP contribution >= 0.6 is 11.8 Å². The molecule has 2 bridgehead atoms. The van der Waals surface area contributed by atoms with E-state index in [4.69, 9.17) is 0 Å². The molecule has 2 aliphatic carbocycles. The van der Waals surface area contributed by atoms with Crippen molar-refractivity contribution >= 4 is 34.9 Å². The van der Waals surface area contributed by atoms with Crippen molar-refractivity contribution in [3.05, 3.63) is 40.8 Å². The third kappa shape index (κ3) is 4.10. The molecule has 3 amide bonds. The van der Waals surface area contributed by atoms with Gasteiger partial charge in [-0.15, -0.1) is 0 Å². The summed E-state index contributed by atoms with van der Waals surface area (Å²) in [6, 6.07) is 9.47. The molecule has 4 rings (SSSR count). The van der Waals surface area contributed by atoms with E-state index >= 15 is 0 Å². The molecule has 3 fully saturated rings. The lowest BCUT2D eigenvalue weighted by atomic mass is 9.86. The minimum atomic E-state index is -0.281. The summed E-state index contributed by atoms with van der Waals surface area (Å²) in [5.41, 5.74) is 0.891. The molecule has 3 atom stereocenters. The van der Waals surface area contributed by atoms with E-state index in [2.05, 4.69) is 5.32 Å². The first kappa shape index (κ1) is 18.3. The highest BCUT2D eigenvalue weighted by molar-refractivity contribution is 8.18. The molecular formula is C21H24N2O3S. The van der Waals surface area contributed by atoms with Crippen LogP contribution in [0.3, 0.4) is 0 Å². The van der Waals surface area contributed by atoms with E-state index in [1.165, 1.54) is 30.6 Å². The van der Waals surface area contributed by atoms with E-state index in [1.807, 2.05) is 30.3 Å². The largest absolute Gasteiger partial charge is 0.354 e. The molecule has 1 aromatic carbocycles. The van der Waals surface area contributed by atoms with Crippen LogP contribution in [0.2, 0.25) is 0 Å². The van der Waals surface area contributed by atoms with Gasteiger partial charge in [0, 0.05) is 19.5 Å². The molecule has 1 aromatic rings. The molecule has 27 heavy (non-hydrogen) atoms. The van der Waals surface area contributed by atoms with E-state index < -0.39 is 0 Å². The van der Waals surface area contributed by atoms with Gasteiger partial charge in [0.1, 0.15) is 0 Å². The van der Waals surface area contributed by atoms with Gasteiger partial charge >= 0.3 is 0 Å². The maximum atomic E-state index is 12.5. The van der Waals surface area contributed by atoms with Gasteiger partial charge in [0.25, 0.3) is 11.1 Å². The minimum absolute atomic E-state index is 0.0411. The fraction of sp³-hybridized carbons (Fsp3) is 0.476.